The average Bonchev–Trinajstić information content (AvgIpc) is 3.12. The van der Waals surface area contributed by atoms with Crippen LogP contribution in [0.1, 0.15) is 61.2 Å². The zero-order valence-corrected chi connectivity index (χ0v) is 17.7. The molecule has 0 aliphatic heterocycles. The Hall–Kier alpha value is -1.36. The van der Waals surface area contributed by atoms with Crippen molar-refractivity contribution in [3.05, 3.63) is 50.6 Å². The molecule has 0 atom stereocenters. The lowest BCUT2D eigenvalue weighted by Crippen LogP contribution is -2.11. The Bertz CT molecular complexity index is 948. The molecular formula is C21H23Cl2N3S. The molecule has 2 heterocycles. The van der Waals surface area contributed by atoms with E-state index in [4.69, 9.17) is 33.2 Å². The molecule has 1 N–H and O–H groups in total. The highest BCUT2D eigenvalue weighted by atomic mass is 35.5. The van der Waals surface area contributed by atoms with Gasteiger partial charge < -0.3 is 5.32 Å². The van der Waals surface area contributed by atoms with E-state index in [1.54, 1.807) is 11.3 Å². The van der Waals surface area contributed by atoms with Crippen molar-refractivity contribution < 1.29 is 0 Å². The number of aryl methyl sites for hydroxylation is 1. The summed E-state index contributed by atoms with van der Waals surface area (Å²) in [6, 6.07) is 7.96. The molecular weight excluding hydrogens is 397 g/mol. The molecule has 0 radical (unpaired) electrons. The van der Waals surface area contributed by atoms with Crippen LogP contribution in [0, 0.1) is 0 Å². The van der Waals surface area contributed by atoms with Crippen molar-refractivity contribution in [3.8, 4) is 0 Å². The van der Waals surface area contributed by atoms with E-state index >= 15 is 0 Å². The number of aromatic nitrogens is 2. The molecule has 0 bridgehead atoms. The second-order valence-corrected chi connectivity index (χ2v) is 9.08. The summed E-state index contributed by atoms with van der Waals surface area (Å²) in [6.07, 6.45) is 7.31. The summed E-state index contributed by atoms with van der Waals surface area (Å²) < 4.78 is 0. The largest absolute Gasteiger partial charge is 0.365 e. The van der Waals surface area contributed by atoms with Crippen molar-refractivity contribution in [3.63, 3.8) is 0 Å². The van der Waals surface area contributed by atoms with Crippen molar-refractivity contribution in [1.82, 2.24) is 9.97 Å². The Balaban J connectivity index is 1.66. The maximum absolute atomic E-state index is 6.16. The third kappa shape index (κ3) is 4.23. The van der Waals surface area contributed by atoms with Crippen molar-refractivity contribution in [2.75, 3.05) is 5.32 Å². The number of hydrogen-bond acceptors (Lipinski definition) is 4. The minimum absolute atomic E-state index is 0.487. The van der Waals surface area contributed by atoms with E-state index in [1.165, 1.54) is 37.0 Å². The van der Waals surface area contributed by atoms with Crippen molar-refractivity contribution in [2.24, 2.45) is 0 Å². The molecule has 0 spiro atoms. The summed E-state index contributed by atoms with van der Waals surface area (Å²) in [5, 5.41) is 5.80. The Labute approximate surface area is 174 Å². The van der Waals surface area contributed by atoms with E-state index in [-0.39, 0.29) is 0 Å². The molecule has 1 aliphatic rings. The smallest absolute Gasteiger partial charge is 0.138 e. The predicted octanol–water partition coefficient (Wildman–Crippen LogP) is 7.22. The van der Waals surface area contributed by atoms with Crippen molar-refractivity contribution >= 4 is 50.6 Å². The van der Waals surface area contributed by atoms with E-state index in [9.17, 15) is 0 Å². The number of nitrogens with zero attached hydrogens (tertiary/aromatic N) is 2. The van der Waals surface area contributed by atoms with Crippen LogP contribution in [0.15, 0.2) is 24.3 Å². The third-order valence-corrected chi connectivity index (χ3v) is 7.14. The normalized spacial score (nSPS) is 15.4. The lowest BCUT2D eigenvalue weighted by atomic mass is 9.88. The molecule has 2 aromatic heterocycles. The third-order valence-electron chi connectivity index (χ3n) is 5.22. The monoisotopic (exact) mass is 419 g/mol. The Kier molecular flexibility index (Phi) is 5.86. The SMILES string of the molecule is CCc1cc2c(NCc3ccc(Cl)c(Cl)c3)nc(C3CCCCC3)nc2s1. The summed E-state index contributed by atoms with van der Waals surface area (Å²) in [5.74, 6) is 2.42. The molecule has 142 valence electrons. The van der Waals surface area contributed by atoms with Gasteiger partial charge in [-0.2, -0.15) is 0 Å². The molecule has 1 fully saturated rings. The first-order chi connectivity index (χ1) is 13.1. The number of fused-ring (bicyclic) bond motifs is 1. The van der Waals surface area contributed by atoms with Gasteiger partial charge in [-0.05, 0) is 43.0 Å². The van der Waals surface area contributed by atoms with Gasteiger partial charge in [0.2, 0.25) is 0 Å². The van der Waals surface area contributed by atoms with Crippen LogP contribution >= 0.6 is 34.5 Å². The second kappa shape index (κ2) is 8.34. The molecule has 0 amide bonds. The zero-order chi connectivity index (χ0) is 18.8. The molecule has 1 saturated carbocycles. The molecule has 3 aromatic rings. The molecule has 0 saturated heterocycles. The number of rotatable bonds is 5. The number of halogens is 2. The first-order valence-corrected chi connectivity index (χ1v) is 11.2. The summed E-state index contributed by atoms with van der Waals surface area (Å²) in [4.78, 5) is 12.3. The fraction of sp³-hybridized carbons (Fsp3) is 0.429. The van der Waals surface area contributed by atoms with Gasteiger partial charge in [0.05, 0.1) is 15.4 Å². The molecule has 0 unspecified atom stereocenters. The van der Waals surface area contributed by atoms with Gasteiger partial charge in [-0.3, -0.25) is 0 Å². The second-order valence-electron chi connectivity index (χ2n) is 7.15. The Morgan fingerprint density at radius 2 is 1.89 bits per heavy atom. The van der Waals surface area contributed by atoms with Crippen LogP contribution in [0.4, 0.5) is 5.82 Å². The fourth-order valence-corrected chi connectivity index (χ4v) is 4.97. The van der Waals surface area contributed by atoms with E-state index < -0.39 is 0 Å². The molecule has 4 rings (SSSR count). The van der Waals surface area contributed by atoms with E-state index in [2.05, 4.69) is 18.3 Å². The quantitative estimate of drug-likeness (QED) is 0.473. The standard InChI is InChI=1S/C21H23Cl2N3S/c1-2-15-11-16-20(24-12-13-8-9-17(22)18(23)10-13)25-19(26-21(16)27-15)14-6-4-3-5-7-14/h8-11,14H,2-7,12H2,1H3,(H,24,25,26). The molecule has 27 heavy (non-hydrogen) atoms. The van der Waals surface area contributed by atoms with Gasteiger partial charge in [-0.15, -0.1) is 11.3 Å². The highest BCUT2D eigenvalue weighted by Gasteiger charge is 2.21. The predicted molar refractivity (Wildman–Crippen MR) is 116 cm³/mol. The first-order valence-electron chi connectivity index (χ1n) is 9.62. The van der Waals surface area contributed by atoms with Crippen molar-refractivity contribution in [2.45, 2.75) is 57.9 Å². The molecule has 1 aromatic carbocycles. The van der Waals surface area contributed by atoms with Crippen LogP contribution in [-0.2, 0) is 13.0 Å². The van der Waals surface area contributed by atoms with Gasteiger partial charge >= 0.3 is 0 Å². The highest BCUT2D eigenvalue weighted by molar-refractivity contribution is 7.18. The Morgan fingerprint density at radius 3 is 2.63 bits per heavy atom. The number of hydrogen-bond donors (Lipinski definition) is 1. The van der Waals surface area contributed by atoms with Crippen LogP contribution in [0.3, 0.4) is 0 Å². The van der Waals surface area contributed by atoms with Gasteiger partial charge in [-0.25, -0.2) is 9.97 Å². The molecule has 1 aliphatic carbocycles. The van der Waals surface area contributed by atoms with E-state index in [1.807, 2.05) is 18.2 Å². The fourth-order valence-electron chi connectivity index (χ4n) is 3.68. The first kappa shape index (κ1) is 19.0. The summed E-state index contributed by atoms with van der Waals surface area (Å²) in [5.41, 5.74) is 1.08. The van der Waals surface area contributed by atoms with Gasteiger partial charge in [0.25, 0.3) is 0 Å². The number of anilines is 1. The summed E-state index contributed by atoms with van der Waals surface area (Å²) in [6.45, 7) is 2.84. The van der Waals surface area contributed by atoms with Crippen LogP contribution < -0.4 is 5.32 Å². The van der Waals surface area contributed by atoms with Gasteiger partial charge in [0.15, 0.2) is 0 Å². The Morgan fingerprint density at radius 1 is 1.07 bits per heavy atom. The van der Waals surface area contributed by atoms with Crippen LogP contribution in [0.2, 0.25) is 10.0 Å². The molecule has 6 heteroatoms. The zero-order valence-electron chi connectivity index (χ0n) is 15.4. The van der Waals surface area contributed by atoms with Crippen LogP contribution in [-0.4, -0.2) is 9.97 Å². The minimum Gasteiger partial charge on any atom is -0.365 e. The maximum Gasteiger partial charge on any atom is 0.138 e. The number of thiophene rings is 1. The van der Waals surface area contributed by atoms with E-state index in [0.29, 0.717) is 22.5 Å². The van der Waals surface area contributed by atoms with Crippen LogP contribution in [0.5, 0.6) is 0 Å². The summed E-state index contributed by atoms with van der Waals surface area (Å²) in [7, 11) is 0. The van der Waals surface area contributed by atoms with Gasteiger partial charge in [-0.1, -0.05) is 55.5 Å². The maximum atomic E-state index is 6.16. The number of benzene rings is 1. The highest BCUT2D eigenvalue weighted by Crippen LogP contribution is 2.35. The van der Waals surface area contributed by atoms with Gasteiger partial charge in [0.1, 0.15) is 16.5 Å². The van der Waals surface area contributed by atoms with E-state index in [0.717, 1.165) is 33.8 Å². The minimum atomic E-state index is 0.487. The van der Waals surface area contributed by atoms with Crippen molar-refractivity contribution in [1.29, 1.82) is 0 Å². The topological polar surface area (TPSA) is 37.8 Å². The van der Waals surface area contributed by atoms with Crippen LogP contribution in [0.25, 0.3) is 10.2 Å². The molecule has 3 nitrogen and oxygen atoms in total. The lowest BCUT2D eigenvalue weighted by molar-refractivity contribution is 0.430. The van der Waals surface area contributed by atoms with Gasteiger partial charge in [0, 0.05) is 17.3 Å². The average molecular weight is 420 g/mol. The summed E-state index contributed by atoms with van der Waals surface area (Å²) >= 11 is 14.0. The lowest BCUT2D eigenvalue weighted by Gasteiger charge is -2.21. The number of nitrogens with one attached hydrogen (secondary N) is 1.